The number of nitrogens with one attached hydrogen (secondary N) is 2. The number of carbonyl (C=O) groups excluding carboxylic acids is 1. The van der Waals surface area contributed by atoms with Crippen molar-refractivity contribution in [3.63, 3.8) is 0 Å². The number of hydrogen-bond donors (Lipinski definition) is 2. The zero-order chi connectivity index (χ0) is 18.9. The van der Waals surface area contributed by atoms with Crippen molar-refractivity contribution in [3.05, 3.63) is 70.0 Å². The number of aromatic nitrogens is 2. The molecule has 2 aromatic carbocycles. The molecule has 10 heteroatoms. The Bertz CT molecular complexity index is 1020. The van der Waals surface area contributed by atoms with E-state index in [1.54, 1.807) is 6.07 Å². The van der Waals surface area contributed by atoms with Crippen molar-refractivity contribution in [1.29, 1.82) is 0 Å². The number of hydrogen-bond acceptors (Lipinski definition) is 4. The van der Waals surface area contributed by atoms with Crippen LogP contribution in [0.25, 0.3) is 11.4 Å². The van der Waals surface area contributed by atoms with E-state index < -0.39 is 34.9 Å². The van der Waals surface area contributed by atoms with Gasteiger partial charge in [0, 0.05) is 11.1 Å². The van der Waals surface area contributed by atoms with Gasteiger partial charge in [0.1, 0.15) is 5.82 Å². The van der Waals surface area contributed by atoms with E-state index in [2.05, 4.69) is 20.0 Å². The molecule has 1 aromatic heterocycles. The van der Waals surface area contributed by atoms with Gasteiger partial charge in [0.05, 0.1) is 11.3 Å². The van der Waals surface area contributed by atoms with Crippen LogP contribution in [0, 0.1) is 5.82 Å². The van der Waals surface area contributed by atoms with E-state index in [1.807, 2.05) is 0 Å². The van der Waals surface area contributed by atoms with Crippen LogP contribution >= 0.6 is 0 Å². The first-order valence-corrected chi connectivity index (χ1v) is 7.08. The molecule has 0 unspecified atom stereocenters. The molecule has 0 aliphatic carbocycles. The van der Waals surface area contributed by atoms with Crippen molar-refractivity contribution in [2.24, 2.45) is 0 Å². The molecule has 0 bridgehead atoms. The summed E-state index contributed by atoms with van der Waals surface area (Å²) in [5.41, 5.74) is -1.13. The number of aromatic amines is 1. The Kier molecular flexibility index (Phi) is 4.33. The van der Waals surface area contributed by atoms with Crippen molar-refractivity contribution in [1.82, 2.24) is 10.1 Å². The van der Waals surface area contributed by atoms with E-state index in [-0.39, 0.29) is 11.4 Å². The Balaban J connectivity index is 1.84. The van der Waals surface area contributed by atoms with Gasteiger partial charge in [0.25, 0.3) is 5.91 Å². The molecule has 2 N–H and O–H groups in total. The topological polar surface area (TPSA) is 88.0 Å². The fraction of sp³-hybridized carbons (Fsp3) is 0.0625. The molecule has 3 rings (SSSR count). The van der Waals surface area contributed by atoms with Crippen molar-refractivity contribution >= 4 is 11.6 Å². The van der Waals surface area contributed by atoms with Crippen LogP contribution in [0.15, 0.2) is 51.8 Å². The van der Waals surface area contributed by atoms with Gasteiger partial charge in [-0.1, -0.05) is 17.3 Å². The first-order valence-electron chi connectivity index (χ1n) is 7.08. The molecule has 0 saturated carbocycles. The maximum Gasteiger partial charge on any atom is 0.439 e. The fourth-order valence-corrected chi connectivity index (χ4v) is 2.15. The molecule has 0 aliphatic rings. The highest BCUT2D eigenvalue weighted by Gasteiger charge is 2.31. The summed E-state index contributed by atoms with van der Waals surface area (Å²) < 4.78 is 55.8. The number of amides is 1. The summed E-state index contributed by atoms with van der Waals surface area (Å²) >= 11 is 0. The van der Waals surface area contributed by atoms with Gasteiger partial charge in [-0.15, -0.1) is 0 Å². The Hall–Kier alpha value is -3.43. The van der Waals surface area contributed by atoms with E-state index in [0.29, 0.717) is 17.7 Å². The first kappa shape index (κ1) is 17.4. The number of halogens is 4. The summed E-state index contributed by atoms with van der Waals surface area (Å²) in [6.45, 7) is 0. The summed E-state index contributed by atoms with van der Waals surface area (Å²) in [4.78, 5) is 25.5. The molecule has 6 nitrogen and oxygen atoms in total. The summed E-state index contributed by atoms with van der Waals surface area (Å²) in [6, 6.07) is 7.57. The van der Waals surface area contributed by atoms with Crippen molar-refractivity contribution in [2.75, 3.05) is 5.32 Å². The van der Waals surface area contributed by atoms with Gasteiger partial charge < -0.3 is 5.32 Å². The fourth-order valence-electron chi connectivity index (χ4n) is 2.15. The lowest BCUT2D eigenvalue weighted by molar-refractivity contribution is -0.137. The monoisotopic (exact) mass is 367 g/mol. The van der Waals surface area contributed by atoms with Gasteiger partial charge in [-0.3, -0.25) is 14.3 Å². The van der Waals surface area contributed by atoms with Crippen molar-refractivity contribution < 1.29 is 26.9 Å². The molecule has 0 saturated heterocycles. The number of alkyl halides is 3. The predicted octanol–water partition coefficient (Wildman–Crippen LogP) is 3.44. The normalized spacial score (nSPS) is 11.4. The standard InChI is InChI=1S/C16H9F4N3O3/c17-11-7-10(16(18,19)20)4-5-12(11)21-14(24)9-3-1-2-8(6-9)13-22-15(25)26-23-13/h1-7H,(H,21,24)(H,22,23,25). The second-order valence-corrected chi connectivity index (χ2v) is 5.17. The Labute approximate surface area is 142 Å². The molecule has 0 atom stereocenters. The van der Waals surface area contributed by atoms with E-state index in [0.717, 1.165) is 6.07 Å². The number of H-pyrrole nitrogens is 1. The molecule has 0 aliphatic heterocycles. The number of anilines is 1. The molecule has 1 amide bonds. The quantitative estimate of drug-likeness (QED) is 0.694. The highest BCUT2D eigenvalue weighted by atomic mass is 19.4. The highest BCUT2D eigenvalue weighted by Crippen LogP contribution is 2.31. The average Bonchev–Trinajstić information content (AvgIpc) is 3.02. The lowest BCUT2D eigenvalue weighted by atomic mass is 10.1. The van der Waals surface area contributed by atoms with E-state index in [4.69, 9.17) is 0 Å². The summed E-state index contributed by atoms with van der Waals surface area (Å²) in [6.07, 6.45) is -4.69. The molecular weight excluding hydrogens is 358 g/mol. The first-order chi connectivity index (χ1) is 12.2. The zero-order valence-electron chi connectivity index (χ0n) is 12.7. The van der Waals surface area contributed by atoms with Crippen LogP contribution in [0.2, 0.25) is 0 Å². The molecule has 0 radical (unpaired) electrons. The molecular formula is C16H9F4N3O3. The molecule has 1 heterocycles. The SMILES string of the molecule is O=C(Nc1ccc(C(F)(F)F)cc1F)c1cccc(-c2noc(=O)[nH]2)c1. The average molecular weight is 367 g/mol. The van der Waals surface area contributed by atoms with Crippen LogP contribution in [-0.2, 0) is 6.18 Å². The number of nitrogens with zero attached hydrogens (tertiary/aromatic N) is 1. The third kappa shape index (κ3) is 3.63. The Morgan fingerprint density at radius 3 is 2.54 bits per heavy atom. The van der Waals surface area contributed by atoms with Gasteiger partial charge >= 0.3 is 11.9 Å². The van der Waals surface area contributed by atoms with E-state index in [1.165, 1.54) is 18.2 Å². The second-order valence-electron chi connectivity index (χ2n) is 5.17. The maximum absolute atomic E-state index is 13.8. The van der Waals surface area contributed by atoms with Gasteiger partial charge in [0.15, 0.2) is 5.82 Å². The van der Waals surface area contributed by atoms with Crippen LogP contribution in [0.3, 0.4) is 0 Å². The van der Waals surface area contributed by atoms with Gasteiger partial charge in [0.2, 0.25) is 0 Å². The predicted molar refractivity (Wildman–Crippen MR) is 81.9 cm³/mol. The third-order valence-corrected chi connectivity index (χ3v) is 3.38. The van der Waals surface area contributed by atoms with Gasteiger partial charge in [-0.25, -0.2) is 9.18 Å². The Morgan fingerprint density at radius 1 is 1.15 bits per heavy atom. The summed E-state index contributed by atoms with van der Waals surface area (Å²) in [5.74, 6) is -2.66. The minimum Gasteiger partial charge on any atom is -0.319 e. The van der Waals surface area contributed by atoms with E-state index in [9.17, 15) is 27.2 Å². The van der Waals surface area contributed by atoms with E-state index >= 15 is 0 Å². The van der Waals surface area contributed by atoms with Crippen LogP contribution in [0.5, 0.6) is 0 Å². The second kappa shape index (κ2) is 6.47. The van der Waals surface area contributed by atoms with Crippen LogP contribution in [-0.4, -0.2) is 16.0 Å². The number of benzene rings is 2. The molecule has 26 heavy (non-hydrogen) atoms. The largest absolute Gasteiger partial charge is 0.439 e. The van der Waals surface area contributed by atoms with Crippen molar-refractivity contribution in [3.8, 4) is 11.4 Å². The smallest absolute Gasteiger partial charge is 0.319 e. The lowest BCUT2D eigenvalue weighted by Crippen LogP contribution is -2.14. The minimum atomic E-state index is -4.69. The molecule has 0 spiro atoms. The van der Waals surface area contributed by atoms with Crippen LogP contribution < -0.4 is 11.1 Å². The lowest BCUT2D eigenvalue weighted by Gasteiger charge is -2.10. The van der Waals surface area contributed by atoms with Gasteiger partial charge in [-0.2, -0.15) is 13.2 Å². The minimum absolute atomic E-state index is 0.0747. The summed E-state index contributed by atoms with van der Waals surface area (Å²) in [5, 5.41) is 5.67. The van der Waals surface area contributed by atoms with Gasteiger partial charge in [-0.05, 0) is 30.3 Å². The Morgan fingerprint density at radius 2 is 1.92 bits per heavy atom. The highest BCUT2D eigenvalue weighted by molar-refractivity contribution is 6.04. The summed E-state index contributed by atoms with van der Waals surface area (Å²) in [7, 11) is 0. The molecule has 0 fully saturated rings. The molecule has 3 aromatic rings. The third-order valence-electron chi connectivity index (χ3n) is 3.38. The van der Waals surface area contributed by atoms with Crippen LogP contribution in [0.4, 0.5) is 23.2 Å². The maximum atomic E-state index is 13.8. The number of rotatable bonds is 3. The van der Waals surface area contributed by atoms with Crippen molar-refractivity contribution in [2.45, 2.75) is 6.18 Å². The van der Waals surface area contributed by atoms with Crippen LogP contribution in [0.1, 0.15) is 15.9 Å². The number of carbonyl (C=O) groups is 1. The zero-order valence-corrected chi connectivity index (χ0v) is 12.7. The molecule has 134 valence electrons.